The summed E-state index contributed by atoms with van der Waals surface area (Å²) >= 11 is 0. The number of hydrogen-bond acceptors (Lipinski definition) is 2. The standard InChI is InChI=1S/C18H32N2O/c1-8-9-13-10-14-11-18(14,12-20(6)7)17(13,5)15(21)19-16(2,3)4/h8,13-14H,1,9-12H2,2-7H3,(H,19,21)/t13?,14-,17?,18-/m0/s1. The highest BCUT2D eigenvalue weighted by molar-refractivity contribution is 5.85. The predicted octanol–water partition coefficient (Wildman–Crippen LogP) is 3.07. The predicted molar refractivity (Wildman–Crippen MR) is 88.0 cm³/mol. The molecule has 2 fully saturated rings. The summed E-state index contributed by atoms with van der Waals surface area (Å²) in [4.78, 5) is 15.4. The van der Waals surface area contributed by atoms with E-state index in [1.807, 2.05) is 6.08 Å². The molecule has 21 heavy (non-hydrogen) atoms. The lowest BCUT2D eigenvalue weighted by Gasteiger charge is -2.42. The Balaban J connectivity index is 2.32. The highest BCUT2D eigenvalue weighted by Gasteiger charge is 2.74. The van der Waals surface area contributed by atoms with Gasteiger partial charge in [-0.1, -0.05) is 6.08 Å². The van der Waals surface area contributed by atoms with Crippen LogP contribution >= 0.6 is 0 Å². The fourth-order valence-electron chi connectivity index (χ4n) is 4.65. The Morgan fingerprint density at radius 2 is 2.05 bits per heavy atom. The van der Waals surface area contributed by atoms with Gasteiger partial charge in [-0.3, -0.25) is 4.79 Å². The Morgan fingerprint density at radius 1 is 1.43 bits per heavy atom. The van der Waals surface area contributed by atoms with E-state index in [1.165, 1.54) is 12.8 Å². The van der Waals surface area contributed by atoms with Gasteiger partial charge in [-0.2, -0.15) is 0 Å². The molecule has 2 unspecified atom stereocenters. The Kier molecular flexibility index (Phi) is 4.03. The molecule has 3 heteroatoms. The van der Waals surface area contributed by atoms with Crippen molar-refractivity contribution >= 4 is 5.91 Å². The number of amides is 1. The van der Waals surface area contributed by atoms with Crippen LogP contribution in [0.1, 0.15) is 47.0 Å². The molecule has 3 nitrogen and oxygen atoms in total. The Morgan fingerprint density at radius 3 is 2.52 bits per heavy atom. The van der Waals surface area contributed by atoms with Crippen molar-refractivity contribution < 1.29 is 4.79 Å². The molecule has 0 aromatic heterocycles. The molecule has 2 aliphatic rings. The molecule has 2 rings (SSSR count). The summed E-state index contributed by atoms with van der Waals surface area (Å²) in [5.74, 6) is 1.38. The summed E-state index contributed by atoms with van der Waals surface area (Å²) in [6, 6.07) is 0. The molecule has 4 atom stereocenters. The average Bonchev–Trinajstić information content (AvgIpc) is 2.93. The molecule has 2 saturated carbocycles. The van der Waals surface area contributed by atoms with Crippen molar-refractivity contribution in [3.05, 3.63) is 12.7 Å². The number of carbonyl (C=O) groups is 1. The van der Waals surface area contributed by atoms with Gasteiger partial charge in [-0.25, -0.2) is 0 Å². The monoisotopic (exact) mass is 292 g/mol. The van der Waals surface area contributed by atoms with Crippen LogP contribution in [0.4, 0.5) is 0 Å². The Hall–Kier alpha value is -0.830. The third-order valence-corrected chi connectivity index (χ3v) is 5.66. The number of fused-ring (bicyclic) bond motifs is 1. The van der Waals surface area contributed by atoms with Gasteiger partial charge in [0, 0.05) is 17.5 Å². The van der Waals surface area contributed by atoms with E-state index in [9.17, 15) is 4.79 Å². The minimum Gasteiger partial charge on any atom is -0.351 e. The minimum atomic E-state index is -0.274. The van der Waals surface area contributed by atoms with Gasteiger partial charge in [-0.05, 0) is 72.9 Å². The first kappa shape index (κ1) is 16.5. The van der Waals surface area contributed by atoms with Crippen molar-refractivity contribution in [3.8, 4) is 0 Å². The minimum absolute atomic E-state index is 0.166. The number of hydrogen-bond donors (Lipinski definition) is 1. The Labute approximate surface area is 130 Å². The van der Waals surface area contributed by atoms with Crippen LogP contribution in [0.15, 0.2) is 12.7 Å². The maximum atomic E-state index is 13.1. The second-order valence-corrected chi connectivity index (χ2v) is 8.66. The van der Waals surface area contributed by atoms with Crippen molar-refractivity contribution in [2.75, 3.05) is 20.6 Å². The highest BCUT2D eigenvalue weighted by atomic mass is 16.2. The number of allylic oxidation sites excluding steroid dienone is 1. The number of nitrogens with one attached hydrogen (secondary N) is 1. The van der Waals surface area contributed by atoms with Gasteiger partial charge in [0.15, 0.2) is 0 Å². The molecule has 1 N–H and O–H groups in total. The summed E-state index contributed by atoms with van der Waals surface area (Å²) in [7, 11) is 4.24. The zero-order chi connectivity index (χ0) is 16.1. The lowest BCUT2D eigenvalue weighted by Crippen LogP contribution is -2.54. The first-order chi connectivity index (χ1) is 9.57. The lowest BCUT2D eigenvalue weighted by atomic mass is 9.66. The summed E-state index contributed by atoms with van der Waals surface area (Å²) in [6.07, 6.45) is 5.31. The van der Waals surface area contributed by atoms with Crippen LogP contribution in [0, 0.1) is 22.7 Å². The number of carbonyl (C=O) groups excluding carboxylic acids is 1. The first-order valence-corrected chi connectivity index (χ1v) is 8.15. The maximum absolute atomic E-state index is 13.1. The largest absolute Gasteiger partial charge is 0.351 e. The average molecular weight is 292 g/mol. The van der Waals surface area contributed by atoms with Gasteiger partial charge in [0.05, 0.1) is 5.41 Å². The molecular formula is C18H32N2O. The lowest BCUT2D eigenvalue weighted by molar-refractivity contribution is -0.138. The van der Waals surface area contributed by atoms with Gasteiger partial charge in [-0.15, -0.1) is 6.58 Å². The zero-order valence-corrected chi connectivity index (χ0v) is 14.6. The van der Waals surface area contributed by atoms with E-state index in [4.69, 9.17) is 0 Å². The van der Waals surface area contributed by atoms with E-state index >= 15 is 0 Å². The van der Waals surface area contributed by atoms with E-state index in [2.05, 4.69) is 58.6 Å². The SMILES string of the molecule is C=CCC1C[C@H]2C[C@@]2(CN(C)C)C1(C)C(=O)NC(C)(C)C. The molecule has 120 valence electrons. The van der Waals surface area contributed by atoms with Crippen LogP contribution in [0.3, 0.4) is 0 Å². The van der Waals surface area contributed by atoms with Gasteiger partial charge in [0.2, 0.25) is 5.91 Å². The van der Waals surface area contributed by atoms with Crippen molar-refractivity contribution in [3.63, 3.8) is 0 Å². The number of rotatable bonds is 5. The van der Waals surface area contributed by atoms with Crippen LogP contribution in [-0.4, -0.2) is 37.0 Å². The van der Waals surface area contributed by atoms with E-state index < -0.39 is 0 Å². The fraction of sp³-hybridized carbons (Fsp3) is 0.833. The summed E-state index contributed by atoms with van der Waals surface area (Å²) in [6.45, 7) is 13.3. The summed E-state index contributed by atoms with van der Waals surface area (Å²) in [5, 5.41) is 3.25. The van der Waals surface area contributed by atoms with Crippen LogP contribution in [0.2, 0.25) is 0 Å². The smallest absolute Gasteiger partial charge is 0.227 e. The number of nitrogens with zero attached hydrogens (tertiary/aromatic N) is 1. The molecule has 0 heterocycles. The van der Waals surface area contributed by atoms with E-state index in [0.717, 1.165) is 13.0 Å². The second kappa shape index (κ2) is 5.12. The molecule has 0 spiro atoms. The third kappa shape index (κ3) is 2.65. The van der Waals surface area contributed by atoms with E-state index in [1.54, 1.807) is 0 Å². The second-order valence-electron chi connectivity index (χ2n) is 8.66. The van der Waals surface area contributed by atoms with Crippen molar-refractivity contribution in [2.45, 2.75) is 52.5 Å². The van der Waals surface area contributed by atoms with Gasteiger partial charge in [0.1, 0.15) is 0 Å². The molecular weight excluding hydrogens is 260 g/mol. The van der Waals surface area contributed by atoms with Crippen molar-refractivity contribution in [1.29, 1.82) is 0 Å². The summed E-state index contributed by atoms with van der Waals surface area (Å²) < 4.78 is 0. The maximum Gasteiger partial charge on any atom is 0.227 e. The molecule has 2 aliphatic carbocycles. The van der Waals surface area contributed by atoms with Gasteiger partial charge in [0.25, 0.3) is 0 Å². The van der Waals surface area contributed by atoms with Crippen LogP contribution in [0.25, 0.3) is 0 Å². The fourth-order valence-corrected chi connectivity index (χ4v) is 4.65. The molecule has 0 aromatic carbocycles. The first-order valence-electron chi connectivity index (χ1n) is 8.15. The van der Waals surface area contributed by atoms with Crippen LogP contribution in [0.5, 0.6) is 0 Å². The summed E-state index contributed by atoms with van der Waals surface area (Å²) in [5.41, 5.74) is -0.284. The molecule has 0 bridgehead atoms. The Bertz CT molecular complexity index is 437. The topological polar surface area (TPSA) is 32.3 Å². The van der Waals surface area contributed by atoms with Gasteiger partial charge >= 0.3 is 0 Å². The molecule has 1 amide bonds. The van der Waals surface area contributed by atoms with E-state index in [-0.39, 0.29) is 22.3 Å². The molecule has 0 aliphatic heterocycles. The zero-order valence-electron chi connectivity index (χ0n) is 14.6. The van der Waals surface area contributed by atoms with Crippen LogP contribution < -0.4 is 5.32 Å². The quantitative estimate of drug-likeness (QED) is 0.790. The molecule has 0 radical (unpaired) electrons. The van der Waals surface area contributed by atoms with Crippen molar-refractivity contribution in [1.82, 2.24) is 10.2 Å². The highest BCUT2D eigenvalue weighted by Crippen LogP contribution is 2.75. The normalized spacial score (nSPS) is 38.2. The van der Waals surface area contributed by atoms with Crippen molar-refractivity contribution in [2.24, 2.45) is 22.7 Å². The third-order valence-electron chi connectivity index (χ3n) is 5.66. The van der Waals surface area contributed by atoms with Crippen LogP contribution in [-0.2, 0) is 4.79 Å². The van der Waals surface area contributed by atoms with Gasteiger partial charge < -0.3 is 10.2 Å². The molecule has 0 saturated heterocycles. The van der Waals surface area contributed by atoms with E-state index in [0.29, 0.717) is 11.8 Å². The molecule has 0 aromatic rings.